The second-order valence-electron chi connectivity index (χ2n) is 10.5. The summed E-state index contributed by atoms with van der Waals surface area (Å²) in [4.78, 5) is 20.2. The Balaban J connectivity index is 1.16. The summed E-state index contributed by atoms with van der Waals surface area (Å²) in [5, 5.41) is 14.9. The van der Waals surface area contributed by atoms with Gasteiger partial charge in [-0.1, -0.05) is 48.0 Å². The first-order valence-electron chi connectivity index (χ1n) is 13.7. The number of nitrogens with two attached hydrogens (primary N) is 1. The van der Waals surface area contributed by atoms with E-state index in [1.54, 1.807) is 0 Å². The number of amides is 1. The van der Waals surface area contributed by atoms with Crippen molar-refractivity contribution in [3.8, 4) is 0 Å². The summed E-state index contributed by atoms with van der Waals surface area (Å²) in [6.45, 7) is 3.66. The lowest BCUT2D eigenvalue weighted by molar-refractivity contribution is -0.121. The van der Waals surface area contributed by atoms with Crippen LogP contribution in [-0.4, -0.2) is 51.4 Å². The van der Waals surface area contributed by atoms with E-state index in [0.29, 0.717) is 6.04 Å². The number of para-hydroxylation sites is 1. The molecule has 2 heterocycles. The first kappa shape index (κ1) is 27.7. The number of carbonyl (C=O) groups excluding carboxylic acids is 1. The SMILES string of the molecule is CC(C(=O)Nc1ccc2c(c1)nc(CCc1ccc(C(=N)N)cc1)n2C)N1CCC(Nc2ccccc2Cl)CC1. The number of aryl methyl sites for hydroxylation is 3. The van der Waals surface area contributed by atoms with Gasteiger partial charge in [0, 0.05) is 43.9 Å². The smallest absolute Gasteiger partial charge is 0.241 e. The number of carbonyl (C=O) groups is 1. The average Bonchev–Trinajstić information content (AvgIpc) is 3.27. The fourth-order valence-corrected chi connectivity index (χ4v) is 5.49. The Kier molecular flexibility index (Phi) is 8.38. The third-order valence-corrected chi connectivity index (χ3v) is 8.16. The Bertz CT molecular complexity index is 1510. The molecule has 208 valence electrons. The lowest BCUT2D eigenvalue weighted by Crippen LogP contribution is -2.48. The number of imidazole rings is 1. The van der Waals surface area contributed by atoms with E-state index in [0.717, 1.165) is 77.6 Å². The van der Waals surface area contributed by atoms with Crippen molar-refractivity contribution in [2.24, 2.45) is 12.8 Å². The van der Waals surface area contributed by atoms with Gasteiger partial charge in [0.25, 0.3) is 0 Å². The molecular formula is C31H36ClN7O. The number of likely N-dealkylation sites (tertiary alicyclic amines) is 1. The molecule has 1 unspecified atom stereocenters. The minimum atomic E-state index is -0.231. The van der Waals surface area contributed by atoms with Crippen LogP contribution in [0, 0.1) is 5.41 Å². The second kappa shape index (κ2) is 12.1. The van der Waals surface area contributed by atoms with Crippen LogP contribution in [0.4, 0.5) is 11.4 Å². The molecule has 0 saturated carbocycles. The van der Waals surface area contributed by atoms with Gasteiger partial charge < -0.3 is 20.9 Å². The van der Waals surface area contributed by atoms with Gasteiger partial charge in [0.05, 0.1) is 27.8 Å². The van der Waals surface area contributed by atoms with E-state index >= 15 is 0 Å². The van der Waals surface area contributed by atoms with Crippen LogP contribution in [0.5, 0.6) is 0 Å². The molecule has 1 atom stereocenters. The summed E-state index contributed by atoms with van der Waals surface area (Å²) in [7, 11) is 2.02. The molecule has 3 aromatic carbocycles. The normalized spacial score (nSPS) is 15.2. The monoisotopic (exact) mass is 557 g/mol. The Morgan fingerprint density at radius 2 is 1.82 bits per heavy atom. The van der Waals surface area contributed by atoms with Gasteiger partial charge >= 0.3 is 0 Å². The van der Waals surface area contributed by atoms with Crippen LogP contribution in [0.3, 0.4) is 0 Å². The van der Waals surface area contributed by atoms with Crippen molar-refractivity contribution < 1.29 is 4.79 Å². The standard InChI is InChI=1S/C31H36ClN7O/c1-20(39-17-15-23(16-18-39)35-26-6-4-3-5-25(26)32)31(40)36-24-12-13-28-27(19-24)37-29(38(28)2)14-9-21-7-10-22(11-8-21)30(33)34/h3-8,10-13,19-20,23,35H,9,14-18H2,1-2H3,(H3,33,34)(H,36,40). The molecule has 1 amide bonds. The number of amidine groups is 1. The van der Waals surface area contributed by atoms with Gasteiger partial charge in [-0.2, -0.15) is 0 Å². The molecule has 0 radical (unpaired) electrons. The molecule has 5 rings (SSSR count). The van der Waals surface area contributed by atoms with Crippen LogP contribution in [0.1, 0.15) is 36.7 Å². The van der Waals surface area contributed by atoms with E-state index in [1.807, 2.05) is 80.7 Å². The quantitative estimate of drug-likeness (QED) is 0.167. The van der Waals surface area contributed by atoms with Crippen molar-refractivity contribution in [2.75, 3.05) is 23.7 Å². The molecule has 1 fully saturated rings. The van der Waals surface area contributed by atoms with Crippen molar-refractivity contribution in [2.45, 2.75) is 44.7 Å². The highest BCUT2D eigenvalue weighted by Crippen LogP contribution is 2.25. The first-order valence-corrected chi connectivity index (χ1v) is 14.1. The molecular weight excluding hydrogens is 522 g/mol. The Morgan fingerprint density at radius 3 is 2.52 bits per heavy atom. The highest BCUT2D eigenvalue weighted by molar-refractivity contribution is 6.33. The number of hydrogen-bond donors (Lipinski definition) is 4. The van der Waals surface area contributed by atoms with Gasteiger partial charge in [-0.25, -0.2) is 4.98 Å². The topological polar surface area (TPSA) is 112 Å². The fraction of sp³-hybridized carbons (Fsp3) is 0.323. The number of benzene rings is 3. The van der Waals surface area contributed by atoms with E-state index in [2.05, 4.69) is 20.1 Å². The van der Waals surface area contributed by atoms with Crippen molar-refractivity contribution in [3.63, 3.8) is 0 Å². The van der Waals surface area contributed by atoms with E-state index in [1.165, 1.54) is 5.56 Å². The first-order chi connectivity index (χ1) is 19.3. The summed E-state index contributed by atoms with van der Waals surface area (Å²) in [5.41, 5.74) is 11.1. The molecule has 0 bridgehead atoms. The molecule has 40 heavy (non-hydrogen) atoms. The van der Waals surface area contributed by atoms with Crippen molar-refractivity contribution in [3.05, 3.63) is 88.7 Å². The van der Waals surface area contributed by atoms with E-state index in [-0.39, 0.29) is 17.8 Å². The number of nitrogens with zero attached hydrogens (tertiary/aromatic N) is 3. The zero-order chi connectivity index (χ0) is 28.2. The van der Waals surface area contributed by atoms with Crippen LogP contribution in [0.15, 0.2) is 66.7 Å². The number of nitrogen functional groups attached to an aromatic ring is 1. The molecule has 1 aliphatic heterocycles. The van der Waals surface area contributed by atoms with E-state index in [9.17, 15) is 4.79 Å². The number of aromatic nitrogens is 2. The maximum atomic E-state index is 13.1. The fourth-order valence-electron chi connectivity index (χ4n) is 5.30. The summed E-state index contributed by atoms with van der Waals surface area (Å²) in [6, 6.07) is 21.6. The lowest BCUT2D eigenvalue weighted by atomic mass is 10.0. The van der Waals surface area contributed by atoms with E-state index < -0.39 is 0 Å². The summed E-state index contributed by atoms with van der Waals surface area (Å²) in [6.07, 6.45) is 3.52. The summed E-state index contributed by atoms with van der Waals surface area (Å²) >= 11 is 6.30. The van der Waals surface area contributed by atoms with Crippen LogP contribution < -0.4 is 16.4 Å². The van der Waals surface area contributed by atoms with Crippen LogP contribution in [0.25, 0.3) is 11.0 Å². The molecule has 5 N–H and O–H groups in total. The van der Waals surface area contributed by atoms with Gasteiger partial charge in [-0.15, -0.1) is 0 Å². The minimum absolute atomic E-state index is 0.0120. The number of hydrogen-bond acceptors (Lipinski definition) is 5. The van der Waals surface area contributed by atoms with Crippen molar-refractivity contribution in [1.29, 1.82) is 5.41 Å². The summed E-state index contributed by atoms with van der Waals surface area (Å²) in [5.74, 6) is 1.04. The van der Waals surface area contributed by atoms with Crippen LogP contribution in [0.2, 0.25) is 5.02 Å². The number of anilines is 2. The highest BCUT2D eigenvalue weighted by Gasteiger charge is 2.27. The zero-order valence-corrected chi connectivity index (χ0v) is 23.7. The van der Waals surface area contributed by atoms with E-state index in [4.69, 9.17) is 27.7 Å². The number of fused-ring (bicyclic) bond motifs is 1. The number of halogens is 1. The predicted molar refractivity (Wildman–Crippen MR) is 163 cm³/mol. The van der Waals surface area contributed by atoms with Gasteiger partial charge in [0.2, 0.25) is 5.91 Å². The van der Waals surface area contributed by atoms with Crippen LogP contribution in [-0.2, 0) is 24.7 Å². The Hall–Kier alpha value is -3.88. The summed E-state index contributed by atoms with van der Waals surface area (Å²) < 4.78 is 2.11. The molecule has 1 aromatic heterocycles. The van der Waals surface area contributed by atoms with Gasteiger partial charge in [-0.05, 0) is 62.1 Å². The molecule has 9 heteroatoms. The largest absolute Gasteiger partial charge is 0.384 e. The van der Waals surface area contributed by atoms with Crippen molar-refractivity contribution in [1.82, 2.24) is 14.5 Å². The molecule has 0 spiro atoms. The molecule has 0 aliphatic carbocycles. The maximum Gasteiger partial charge on any atom is 0.241 e. The average molecular weight is 558 g/mol. The number of piperidine rings is 1. The third-order valence-electron chi connectivity index (χ3n) is 7.83. The van der Waals surface area contributed by atoms with Gasteiger partial charge in [-0.3, -0.25) is 15.1 Å². The molecule has 8 nitrogen and oxygen atoms in total. The third kappa shape index (κ3) is 6.29. The maximum absolute atomic E-state index is 13.1. The highest BCUT2D eigenvalue weighted by atomic mass is 35.5. The van der Waals surface area contributed by atoms with Gasteiger partial charge in [0.1, 0.15) is 11.7 Å². The minimum Gasteiger partial charge on any atom is -0.384 e. The van der Waals surface area contributed by atoms with Crippen LogP contribution >= 0.6 is 11.6 Å². The molecule has 1 aliphatic rings. The Labute approximate surface area is 240 Å². The molecule has 4 aromatic rings. The number of nitrogens with one attached hydrogen (secondary N) is 3. The number of rotatable bonds is 9. The predicted octanol–water partition coefficient (Wildman–Crippen LogP) is 5.20. The molecule has 1 saturated heterocycles. The Morgan fingerprint density at radius 1 is 1.10 bits per heavy atom. The van der Waals surface area contributed by atoms with Crippen molar-refractivity contribution >= 4 is 45.8 Å². The lowest BCUT2D eigenvalue weighted by Gasteiger charge is -2.36. The second-order valence-corrected chi connectivity index (χ2v) is 10.9. The van der Waals surface area contributed by atoms with Gasteiger partial charge in [0.15, 0.2) is 0 Å². The zero-order valence-electron chi connectivity index (χ0n) is 23.0.